The zero-order valence-electron chi connectivity index (χ0n) is 32.3. The van der Waals surface area contributed by atoms with Crippen molar-refractivity contribution in [2.24, 2.45) is 0 Å². The first-order valence-corrected chi connectivity index (χ1v) is 19.9. The Morgan fingerprint density at radius 3 is 1.72 bits per heavy atom. The Kier molecular flexibility index (Phi) is 7.84. The topological polar surface area (TPSA) is 38.9 Å². The molecule has 58 heavy (non-hydrogen) atoms. The number of hydrogen-bond acceptors (Lipinski definition) is 3. The molecule has 0 saturated heterocycles. The van der Waals surface area contributed by atoms with E-state index in [2.05, 4.69) is 172 Å². The standard InChI is InChI=1S/C55H38N2O/c1-55(2)48-26-13-11-22-43(48)46-25-15-24-45(53(46)55)42-21-10-9-20-41(42)39-30-38(37-28-29-52-47(33-37)44-23-12-14-27-51(44)58-52)31-40(32-39)50-34-49(35-16-5-3-6-17-35)56-54(57-50)36-18-7-4-8-19-36/h3-34H,1-2H3. The largest absolute Gasteiger partial charge is 0.456 e. The minimum atomic E-state index is -0.159. The molecule has 0 radical (unpaired) electrons. The van der Waals surface area contributed by atoms with Crippen LogP contribution in [0.25, 0.3) is 100 Å². The lowest BCUT2D eigenvalue weighted by molar-refractivity contribution is 0.662. The average Bonchev–Trinajstić information content (AvgIpc) is 3.78. The number of rotatable bonds is 6. The van der Waals surface area contributed by atoms with Crippen LogP contribution in [0, 0.1) is 0 Å². The summed E-state index contributed by atoms with van der Waals surface area (Å²) in [6, 6.07) is 69.1. The summed E-state index contributed by atoms with van der Waals surface area (Å²) < 4.78 is 6.26. The van der Waals surface area contributed by atoms with Crippen LogP contribution < -0.4 is 0 Å². The number of benzene rings is 8. The molecule has 0 spiro atoms. The average molecular weight is 743 g/mol. The number of fused-ring (bicyclic) bond motifs is 6. The van der Waals surface area contributed by atoms with Crippen molar-refractivity contribution in [3.05, 3.63) is 205 Å². The Balaban J connectivity index is 1.16. The Morgan fingerprint density at radius 1 is 0.362 bits per heavy atom. The first-order valence-electron chi connectivity index (χ1n) is 19.9. The van der Waals surface area contributed by atoms with E-state index < -0.39 is 0 Å². The van der Waals surface area contributed by atoms with E-state index in [4.69, 9.17) is 14.4 Å². The Labute approximate surface area is 338 Å². The Bertz CT molecular complexity index is 3140. The van der Waals surface area contributed by atoms with Crippen molar-refractivity contribution in [3.8, 4) is 78.4 Å². The lowest BCUT2D eigenvalue weighted by Crippen LogP contribution is -2.16. The normalized spacial score (nSPS) is 12.8. The molecular formula is C55H38N2O. The molecule has 8 aromatic carbocycles. The Hall–Kier alpha value is -7.36. The van der Waals surface area contributed by atoms with Gasteiger partial charge in [-0.05, 0) is 98.1 Å². The van der Waals surface area contributed by atoms with Crippen LogP contribution in [0.5, 0.6) is 0 Å². The van der Waals surface area contributed by atoms with Crippen molar-refractivity contribution >= 4 is 21.9 Å². The van der Waals surface area contributed by atoms with E-state index in [0.29, 0.717) is 5.82 Å². The highest BCUT2D eigenvalue weighted by Crippen LogP contribution is 2.53. The van der Waals surface area contributed by atoms with E-state index in [-0.39, 0.29) is 5.41 Å². The van der Waals surface area contributed by atoms with Crippen LogP contribution in [0.2, 0.25) is 0 Å². The molecule has 0 atom stereocenters. The van der Waals surface area contributed by atoms with Crippen molar-refractivity contribution in [1.82, 2.24) is 9.97 Å². The molecule has 1 aliphatic carbocycles. The maximum atomic E-state index is 6.26. The monoisotopic (exact) mass is 742 g/mol. The summed E-state index contributed by atoms with van der Waals surface area (Å²) in [4.78, 5) is 10.4. The SMILES string of the molecule is CC1(C)c2ccccc2-c2cccc(-c3ccccc3-c3cc(-c4ccc5oc6ccccc6c5c4)cc(-c4cc(-c5ccccc5)nc(-c5ccccc5)n4)c3)c21. The van der Waals surface area contributed by atoms with Crippen molar-refractivity contribution < 1.29 is 4.42 Å². The first kappa shape index (κ1) is 33.9. The minimum absolute atomic E-state index is 0.159. The molecule has 1 aliphatic rings. The molecule has 0 fully saturated rings. The summed E-state index contributed by atoms with van der Waals surface area (Å²) in [5.41, 5.74) is 18.7. The van der Waals surface area contributed by atoms with Gasteiger partial charge < -0.3 is 4.42 Å². The second-order valence-electron chi connectivity index (χ2n) is 15.7. The summed E-state index contributed by atoms with van der Waals surface area (Å²) in [6.45, 7) is 4.73. The predicted octanol–water partition coefficient (Wildman–Crippen LogP) is 14.7. The highest BCUT2D eigenvalue weighted by atomic mass is 16.3. The van der Waals surface area contributed by atoms with E-state index >= 15 is 0 Å². The van der Waals surface area contributed by atoms with Gasteiger partial charge in [0.2, 0.25) is 0 Å². The molecule has 2 heterocycles. The smallest absolute Gasteiger partial charge is 0.160 e. The fourth-order valence-corrected chi connectivity index (χ4v) is 9.11. The van der Waals surface area contributed by atoms with Crippen LogP contribution in [0.1, 0.15) is 25.0 Å². The molecule has 3 heteroatoms. The van der Waals surface area contributed by atoms with Crippen molar-refractivity contribution in [3.63, 3.8) is 0 Å². The summed E-state index contributed by atoms with van der Waals surface area (Å²) in [7, 11) is 0. The van der Waals surface area contributed by atoms with Crippen LogP contribution in [0.3, 0.4) is 0 Å². The van der Waals surface area contributed by atoms with Gasteiger partial charge in [-0.3, -0.25) is 0 Å². The molecule has 0 bridgehead atoms. The van der Waals surface area contributed by atoms with Crippen LogP contribution >= 0.6 is 0 Å². The summed E-state index contributed by atoms with van der Waals surface area (Å²) in [5, 5.41) is 2.21. The lowest BCUT2D eigenvalue weighted by Gasteiger charge is -2.25. The molecule has 10 aromatic rings. The van der Waals surface area contributed by atoms with Crippen molar-refractivity contribution in [1.29, 1.82) is 0 Å². The fraction of sp³-hybridized carbons (Fsp3) is 0.0545. The van der Waals surface area contributed by atoms with Gasteiger partial charge in [0.25, 0.3) is 0 Å². The second-order valence-corrected chi connectivity index (χ2v) is 15.7. The highest BCUT2D eigenvalue weighted by molar-refractivity contribution is 6.06. The molecule has 0 amide bonds. The van der Waals surface area contributed by atoms with E-state index in [1.807, 2.05) is 36.4 Å². The zero-order chi connectivity index (χ0) is 38.8. The number of hydrogen-bond donors (Lipinski definition) is 0. The van der Waals surface area contributed by atoms with Gasteiger partial charge in [-0.2, -0.15) is 0 Å². The van der Waals surface area contributed by atoms with E-state index in [9.17, 15) is 0 Å². The second kappa shape index (κ2) is 13.4. The molecule has 0 aliphatic heterocycles. The highest BCUT2D eigenvalue weighted by Gasteiger charge is 2.37. The van der Waals surface area contributed by atoms with Gasteiger partial charge in [-0.15, -0.1) is 0 Å². The molecule has 11 rings (SSSR count). The first-order chi connectivity index (χ1) is 28.5. The van der Waals surface area contributed by atoms with E-state index in [1.165, 1.54) is 38.9 Å². The summed E-state index contributed by atoms with van der Waals surface area (Å²) in [5.74, 6) is 0.692. The van der Waals surface area contributed by atoms with E-state index in [1.54, 1.807) is 0 Å². The Morgan fingerprint density at radius 2 is 0.931 bits per heavy atom. The molecule has 0 unspecified atom stereocenters. The van der Waals surface area contributed by atoms with Gasteiger partial charge in [0.1, 0.15) is 11.2 Å². The number of para-hydroxylation sites is 1. The maximum absolute atomic E-state index is 6.26. The molecular weight excluding hydrogens is 705 g/mol. The maximum Gasteiger partial charge on any atom is 0.160 e. The summed E-state index contributed by atoms with van der Waals surface area (Å²) >= 11 is 0. The van der Waals surface area contributed by atoms with Gasteiger partial charge in [-0.25, -0.2) is 9.97 Å². The van der Waals surface area contributed by atoms with Gasteiger partial charge in [0.15, 0.2) is 5.82 Å². The molecule has 2 aromatic heterocycles. The minimum Gasteiger partial charge on any atom is -0.456 e. The van der Waals surface area contributed by atoms with Gasteiger partial charge >= 0.3 is 0 Å². The fourth-order valence-electron chi connectivity index (χ4n) is 9.11. The van der Waals surface area contributed by atoms with E-state index in [0.717, 1.165) is 66.7 Å². The third kappa shape index (κ3) is 5.58. The molecule has 0 saturated carbocycles. The quantitative estimate of drug-likeness (QED) is 0.170. The van der Waals surface area contributed by atoms with Crippen molar-refractivity contribution in [2.45, 2.75) is 19.3 Å². The van der Waals surface area contributed by atoms with Crippen LogP contribution in [0.4, 0.5) is 0 Å². The van der Waals surface area contributed by atoms with Gasteiger partial charge in [0.05, 0.1) is 11.4 Å². The lowest BCUT2D eigenvalue weighted by atomic mass is 9.78. The van der Waals surface area contributed by atoms with Gasteiger partial charge in [0, 0.05) is 32.9 Å². The predicted molar refractivity (Wildman–Crippen MR) is 239 cm³/mol. The van der Waals surface area contributed by atoms with Crippen LogP contribution in [-0.2, 0) is 5.41 Å². The van der Waals surface area contributed by atoms with Crippen LogP contribution in [0.15, 0.2) is 199 Å². The van der Waals surface area contributed by atoms with Crippen LogP contribution in [-0.4, -0.2) is 9.97 Å². The molecule has 274 valence electrons. The zero-order valence-corrected chi connectivity index (χ0v) is 32.3. The number of aromatic nitrogens is 2. The molecule has 0 N–H and O–H groups in total. The summed E-state index contributed by atoms with van der Waals surface area (Å²) in [6.07, 6.45) is 0. The third-order valence-electron chi connectivity index (χ3n) is 11.9. The van der Waals surface area contributed by atoms with Gasteiger partial charge in [-0.1, -0.05) is 166 Å². The number of furan rings is 1. The number of nitrogens with zero attached hydrogens (tertiary/aromatic N) is 2. The third-order valence-corrected chi connectivity index (χ3v) is 11.9. The van der Waals surface area contributed by atoms with Crippen molar-refractivity contribution in [2.75, 3.05) is 0 Å². The molecule has 3 nitrogen and oxygen atoms in total.